The standard InChI is InChI=1S/C23H17NO5S/c25-14-8-9-17(18(26)11-14)24-22(27)16-5-3-6-19(21(16)23(24)28)29-12-15-10-13-4-1-2-7-20(13)30-15/h1-7,10,17H,8-9,11-12H2. The molecule has 30 heavy (non-hydrogen) atoms. The van der Waals surface area contributed by atoms with Crippen LogP contribution in [-0.2, 0) is 16.2 Å². The molecule has 3 aromatic rings. The van der Waals surface area contributed by atoms with E-state index < -0.39 is 17.9 Å². The molecule has 1 saturated carbocycles. The Labute approximate surface area is 176 Å². The number of imide groups is 1. The Hall–Kier alpha value is -3.32. The topological polar surface area (TPSA) is 80.8 Å². The molecule has 2 aliphatic rings. The summed E-state index contributed by atoms with van der Waals surface area (Å²) in [6.45, 7) is 0.272. The number of ether oxygens (including phenoxy) is 1. The van der Waals surface area contributed by atoms with Gasteiger partial charge >= 0.3 is 0 Å². The minimum absolute atomic E-state index is 0.153. The van der Waals surface area contributed by atoms with Gasteiger partial charge in [-0.1, -0.05) is 24.3 Å². The molecule has 0 bridgehead atoms. The minimum atomic E-state index is -0.884. The largest absolute Gasteiger partial charge is 0.487 e. The summed E-state index contributed by atoms with van der Waals surface area (Å²) in [4.78, 5) is 51.8. The van der Waals surface area contributed by atoms with Crippen LogP contribution in [-0.4, -0.2) is 34.3 Å². The van der Waals surface area contributed by atoms with Crippen LogP contribution in [0.15, 0.2) is 48.5 Å². The van der Waals surface area contributed by atoms with Gasteiger partial charge in [0.05, 0.1) is 23.6 Å². The van der Waals surface area contributed by atoms with Crippen molar-refractivity contribution in [2.75, 3.05) is 0 Å². The monoisotopic (exact) mass is 419 g/mol. The fourth-order valence-corrected chi connectivity index (χ4v) is 5.04. The summed E-state index contributed by atoms with van der Waals surface area (Å²) >= 11 is 1.61. The molecule has 0 N–H and O–H groups in total. The van der Waals surface area contributed by atoms with E-state index in [9.17, 15) is 19.2 Å². The molecule has 1 atom stereocenters. The van der Waals surface area contributed by atoms with Crippen molar-refractivity contribution in [2.45, 2.75) is 31.9 Å². The lowest BCUT2D eigenvalue weighted by Crippen LogP contribution is -2.47. The zero-order valence-electron chi connectivity index (χ0n) is 15.9. The number of amides is 2. The van der Waals surface area contributed by atoms with E-state index >= 15 is 0 Å². The predicted octanol–water partition coefficient (Wildman–Crippen LogP) is 3.77. The van der Waals surface area contributed by atoms with Crippen molar-refractivity contribution in [1.82, 2.24) is 4.90 Å². The fourth-order valence-electron chi connectivity index (χ4n) is 4.06. The molecule has 0 saturated heterocycles. The average molecular weight is 419 g/mol. The molecule has 7 heteroatoms. The number of fused-ring (bicyclic) bond motifs is 2. The number of ketones is 2. The van der Waals surface area contributed by atoms with Crippen LogP contribution in [0.4, 0.5) is 0 Å². The molecule has 1 aliphatic carbocycles. The first-order valence-corrected chi connectivity index (χ1v) is 10.5. The van der Waals surface area contributed by atoms with Gasteiger partial charge in [-0.3, -0.25) is 24.1 Å². The molecule has 5 rings (SSSR count). The Morgan fingerprint density at radius 1 is 1.00 bits per heavy atom. The van der Waals surface area contributed by atoms with E-state index in [2.05, 4.69) is 0 Å². The molecule has 1 unspecified atom stereocenters. The van der Waals surface area contributed by atoms with E-state index in [0.717, 1.165) is 19.9 Å². The van der Waals surface area contributed by atoms with Gasteiger partial charge in [-0.05, 0) is 36.1 Å². The first-order chi connectivity index (χ1) is 14.5. The Balaban J connectivity index is 1.41. The van der Waals surface area contributed by atoms with Crippen molar-refractivity contribution >= 4 is 44.8 Å². The van der Waals surface area contributed by atoms with E-state index in [-0.39, 0.29) is 48.6 Å². The quantitative estimate of drug-likeness (QED) is 0.475. The van der Waals surface area contributed by atoms with Crippen LogP contribution in [0, 0.1) is 0 Å². The van der Waals surface area contributed by atoms with Crippen LogP contribution in [0.5, 0.6) is 5.75 Å². The van der Waals surface area contributed by atoms with E-state index in [4.69, 9.17) is 4.74 Å². The maximum atomic E-state index is 13.1. The molecule has 1 aliphatic heterocycles. The number of nitrogens with zero attached hydrogens (tertiary/aromatic N) is 1. The highest BCUT2D eigenvalue weighted by atomic mass is 32.1. The SMILES string of the molecule is O=C1CCC(N2C(=O)c3cccc(OCc4cc5ccccc5s4)c3C2=O)C(=O)C1. The summed E-state index contributed by atoms with van der Waals surface area (Å²) in [7, 11) is 0. The summed E-state index contributed by atoms with van der Waals surface area (Å²) in [6.07, 6.45) is 0.146. The van der Waals surface area contributed by atoms with Gasteiger partial charge in [0.2, 0.25) is 0 Å². The number of hydrogen-bond acceptors (Lipinski definition) is 6. The maximum Gasteiger partial charge on any atom is 0.266 e. The molecule has 2 amide bonds. The second-order valence-electron chi connectivity index (χ2n) is 7.43. The predicted molar refractivity (Wildman–Crippen MR) is 111 cm³/mol. The van der Waals surface area contributed by atoms with Crippen molar-refractivity contribution in [3.05, 3.63) is 64.5 Å². The highest BCUT2D eigenvalue weighted by Gasteiger charge is 2.45. The normalized spacial score (nSPS) is 18.9. The van der Waals surface area contributed by atoms with Gasteiger partial charge in [-0.25, -0.2) is 0 Å². The second kappa shape index (κ2) is 7.18. The number of carbonyl (C=O) groups is 4. The van der Waals surface area contributed by atoms with Crippen LogP contribution in [0.3, 0.4) is 0 Å². The molecule has 2 aromatic carbocycles. The second-order valence-corrected chi connectivity index (χ2v) is 8.60. The van der Waals surface area contributed by atoms with Gasteiger partial charge in [0.1, 0.15) is 18.1 Å². The third-order valence-electron chi connectivity index (χ3n) is 5.51. The summed E-state index contributed by atoms with van der Waals surface area (Å²) in [5.41, 5.74) is 0.423. The zero-order chi connectivity index (χ0) is 20.8. The number of thiophene rings is 1. The lowest BCUT2D eigenvalue weighted by Gasteiger charge is -2.27. The molecule has 2 heterocycles. The number of hydrogen-bond donors (Lipinski definition) is 0. The van der Waals surface area contributed by atoms with Crippen LogP contribution >= 0.6 is 11.3 Å². The molecule has 1 aromatic heterocycles. The highest BCUT2D eigenvalue weighted by Crippen LogP contribution is 2.35. The smallest absolute Gasteiger partial charge is 0.266 e. The van der Waals surface area contributed by atoms with Crippen LogP contribution < -0.4 is 4.74 Å². The van der Waals surface area contributed by atoms with E-state index in [1.807, 2.05) is 30.3 Å². The van der Waals surface area contributed by atoms with Crippen LogP contribution in [0.2, 0.25) is 0 Å². The Kier molecular flexibility index (Phi) is 4.47. The van der Waals surface area contributed by atoms with Gasteiger partial charge in [0.15, 0.2) is 5.78 Å². The Morgan fingerprint density at radius 3 is 2.63 bits per heavy atom. The van der Waals surface area contributed by atoms with Gasteiger partial charge in [0, 0.05) is 16.0 Å². The fraction of sp³-hybridized carbons (Fsp3) is 0.217. The molecular formula is C23H17NO5S. The summed E-state index contributed by atoms with van der Waals surface area (Å²) in [5, 5.41) is 1.13. The van der Waals surface area contributed by atoms with E-state index in [1.165, 1.54) is 0 Å². The van der Waals surface area contributed by atoms with Gasteiger partial charge < -0.3 is 4.74 Å². The third kappa shape index (κ3) is 3.02. The zero-order valence-corrected chi connectivity index (χ0v) is 16.7. The first kappa shape index (κ1) is 18.7. The third-order valence-corrected chi connectivity index (χ3v) is 6.60. The number of Topliss-reactive ketones (excluding diaryl/α,β-unsaturated/α-hetero) is 2. The molecule has 0 spiro atoms. The first-order valence-electron chi connectivity index (χ1n) is 9.68. The number of rotatable bonds is 4. The van der Waals surface area contributed by atoms with Crippen LogP contribution in [0.1, 0.15) is 44.9 Å². The van der Waals surface area contributed by atoms with Crippen molar-refractivity contribution in [3.8, 4) is 5.75 Å². The van der Waals surface area contributed by atoms with Crippen molar-refractivity contribution in [1.29, 1.82) is 0 Å². The van der Waals surface area contributed by atoms with E-state index in [1.54, 1.807) is 29.5 Å². The average Bonchev–Trinajstić information content (AvgIpc) is 3.26. The van der Waals surface area contributed by atoms with Crippen LogP contribution in [0.25, 0.3) is 10.1 Å². The summed E-state index contributed by atoms with van der Waals surface area (Å²) < 4.78 is 7.08. The molecule has 1 fully saturated rings. The highest BCUT2D eigenvalue weighted by molar-refractivity contribution is 7.19. The molecule has 6 nitrogen and oxygen atoms in total. The van der Waals surface area contributed by atoms with Crippen molar-refractivity contribution < 1.29 is 23.9 Å². The molecule has 0 radical (unpaired) electrons. The van der Waals surface area contributed by atoms with Gasteiger partial charge in [0.25, 0.3) is 11.8 Å². The van der Waals surface area contributed by atoms with Gasteiger partial charge in [-0.2, -0.15) is 0 Å². The van der Waals surface area contributed by atoms with E-state index in [0.29, 0.717) is 5.75 Å². The molecule has 150 valence electrons. The number of carbonyl (C=O) groups excluding carboxylic acids is 4. The minimum Gasteiger partial charge on any atom is -0.487 e. The van der Waals surface area contributed by atoms with Gasteiger partial charge in [-0.15, -0.1) is 11.3 Å². The maximum absolute atomic E-state index is 13.1. The number of benzene rings is 2. The summed E-state index contributed by atoms with van der Waals surface area (Å²) in [6, 6.07) is 14.1. The van der Waals surface area contributed by atoms with Crippen molar-refractivity contribution in [3.63, 3.8) is 0 Å². The lowest BCUT2D eigenvalue weighted by atomic mass is 9.92. The Bertz CT molecular complexity index is 1190. The Morgan fingerprint density at radius 2 is 1.83 bits per heavy atom. The lowest BCUT2D eigenvalue weighted by molar-refractivity contribution is -0.132. The summed E-state index contributed by atoms with van der Waals surface area (Å²) in [5.74, 6) is -1.25. The molecular weight excluding hydrogens is 402 g/mol. The van der Waals surface area contributed by atoms with Crippen molar-refractivity contribution in [2.24, 2.45) is 0 Å².